The Bertz CT molecular complexity index is 253. The van der Waals surface area contributed by atoms with Crippen molar-refractivity contribution in [2.75, 3.05) is 0 Å². The van der Waals surface area contributed by atoms with Crippen LogP contribution in [0.4, 0.5) is 0 Å². The first-order chi connectivity index (χ1) is 5.90. The molecule has 2 aliphatic rings. The summed E-state index contributed by atoms with van der Waals surface area (Å²) in [6.45, 7) is 2.25. The average molecular weight is 160 g/mol. The summed E-state index contributed by atoms with van der Waals surface area (Å²) >= 11 is 0. The fraction of sp³-hybridized carbons (Fsp3) is 0.500. The van der Waals surface area contributed by atoms with Crippen LogP contribution in [0.1, 0.15) is 32.6 Å². The van der Waals surface area contributed by atoms with Crippen molar-refractivity contribution in [2.24, 2.45) is 5.92 Å². The minimum atomic E-state index is 0.843. The molecule has 0 amide bonds. The second-order valence-corrected chi connectivity index (χ2v) is 3.73. The van der Waals surface area contributed by atoms with Crippen LogP contribution in [-0.2, 0) is 0 Å². The summed E-state index contributed by atoms with van der Waals surface area (Å²) in [6.07, 6.45) is 14.4. The Morgan fingerprint density at radius 1 is 1.42 bits per heavy atom. The number of fused-ring (bicyclic) bond motifs is 1. The lowest BCUT2D eigenvalue weighted by Gasteiger charge is -2.25. The van der Waals surface area contributed by atoms with E-state index < -0.39 is 0 Å². The third-order valence-electron chi connectivity index (χ3n) is 2.94. The molecule has 0 bridgehead atoms. The van der Waals surface area contributed by atoms with Crippen LogP contribution in [0.2, 0.25) is 0 Å². The van der Waals surface area contributed by atoms with Crippen LogP contribution >= 0.6 is 0 Å². The maximum Gasteiger partial charge on any atom is -0.0122 e. The Balaban J connectivity index is 2.21. The first-order valence-corrected chi connectivity index (χ1v) is 4.96. The van der Waals surface area contributed by atoms with E-state index in [1.165, 1.54) is 25.7 Å². The molecule has 1 unspecified atom stereocenters. The molecule has 0 aromatic carbocycles. The standard InChI is InChI=1S/C12H16/c1-2-10-7-8-11-5-3-4-6-12(11)9-10/h3,5,7-8,12H,2,4,6,9H2,1H3. The van der Waals surface area contributed by atoms with Gasteiger partial charge in [0.25, 0.3) is 0 Å². The topological polar surface area (TPSA) is 0 Å². The highest BCUT2D eigenvalue weighted by Gasteiger charge is 2.18. The molecule has 0 aliphatic heterocycles. The molecule has 0 aromatic heterocycles. The van der Waals surface area contributed by atoms with Crippen LogP contribution in [0.15, 0.2) is 35.5 Å². The van der Waals surface area contributed by atoms with Crippen molar-refractivity contribution in [2.45, 2.75) is 32.6 Å². The average Bonchev–Trinajstić information content (AvgIpc) is 2.17. The number of allylic oxidation sites excluding steroid dienone is 6. The largest absolute Gasteiger partial charge is 0.0842 e. The molecule has 1 atom stereocenters. The predicted octanol–water partition coefficient (Wildman–Crippen LogP) is 3.62. The van der Waals surface area contributed by atoms with Crippen molar-refractivity contribution in [1.29, 1.82) is 0 Å². The molecule has 12 heavy (non-hydrogen) atoms. The van der Waals surface area contributed by atoms with E-state index in [2.05, 4.69) is 31.2 Å². The quantitative estimate of drug-likeness (QED) is 0.549. The second-order valence-electron chi connectivity index (χ2n) is 3.73. The monoisotopic (exact) mass is 160 g/mol. The highest BCUT2D eigenvalue weighted by molar-refractivity contribution is 5.35. The number of hydrogen-bond acceptors (Lipinski definition) is 0. The molecule has 2 rings (SSSR count). The summed E-state index contributed by atoms with van der Waals surface area (Å²) in [5.41, 5.74) is 3.18. The molecule has 0 saturated carbocycles. The highest BCUT2D eigenvalue weighted by Crippen LogP contribution is 2.33. The first kappa shape index (κ1) is 7.85. The van der Waals surface area contributed by atoms with E-state index >= 15 is 0 Å². The van der Waals surface area contributed by atoms with Gasteiger partial charge >= 0.3 is 0 Å². The summed E-state index contributed by atoms with van der Waals surface area (Å²) in [5.74, 6) is 0.843. The van der Waals surface area contributed by atoms with E-state index in [9.17, 15) is 0 Å². The molecule has 0 fully saturated rings. The van der Waals surface area contributed by atoms with Crippen LogP contribution in [0.25, 0.3) is 0 Å². The van der Waals surface area contributed by atoms with Crippen LogP contribution in [-0.4, -0.2) is 0 Å². The van der Waals surface area contributed by atoms with Gasteiger partial charge in [0, 0.05) is 0 Å². The van der Waals surface area contributed by atoms with Gasteiger partial charge in [0.2, 0.25) is 0 Å². The zero-order valence-corrected chi connectivity index (χ0v) is 7.72. The summed E-state index contributed by atoms with van der Waals surface area (Å²) in [6, 6.07) is 0. The van der Waals surface area contributed by atoms with Crippen molar-refractivity contribution in [1.82, 2.24) is 0 Å². The smallest absolute Gasteiger partial charge is 0.0122 e. The Hall–Kier alpha value is -0.780. The summed E-state index contributed by atoms with van der Waals surface area (Å²) in [4.78, 5) is 0. The van der Waals surface area contributed by atoms with Crippen LogP contribution in [0, 0.1) is 5.92 Å². The van der Waals surface area contributed by atoms with Gasteiger partial charge in [-0.05, 0) is 37.2 Å². The molecular weight excluding hydrogens is 144 g/mol. The Morgan fingerprint density at radius 2 is 2.33 bits per heavy atom. The summed E-state index contributed by atoms with van der Waals surface area (Å²) < 4.78 is 0. The van der Waals surface area contributed by atoms with E-state index in [0.717, 1.165) is 5.92 Å². The van der Waals surface area contributed by atoms with Gasteiger partial charge in [0.05, 0.1) is 0 Å². The Morgan fingerprint density at radius 3 is 3.17 bits per heavy atom. The fourth-order valence-electron chi connectivity index (χ4n) is 2.09. The van der Waals surface area contributed by atoms with Crippen molar-refractivity contribution < 1.29 is 0 Å². The van der Waals surface area contributed by atoms with Crippen molar-refractivity contribution in [3.05, 3.63) is 35.5 Å². The van der Waals surface area contributed by atoms with E-state index in [4.69, 9.17) is 0 Å². The minimum Gasteiger partial charge on any atom is -0.0842 e. The molecule has 64 valence electrons. The maximum atomic E-state index is 2.31. The van der Waals surface area contributed by atoms with Crippen molar-refractivity contribution in [3.63, 3.8) is 0 Å². The number of rotatable bonds is 1. The summed E-state index contributed by atoms with van der Waals surface area (Å²) in [7, 11) is 0. The fourth-order valence-corrected chi connectivity index (χ4v) is 2.09. The molecule has 0 nitrogen and oxygen atoms in total. The molecule has 0 spiro atoms. The van der Waals surface area contributed by atoms with Crippen molar-refractivity contribution in [3.8, 4) is 0 Å². The Kier molecular flexibility index (Phi) is 2.16. The van der Waals surface area contributed by atoms with E-state index in [0.29, 0.717) is 0 Å². The first-order valence-electron chi connectivity index (χ1n) is 4.96. The van der Waals surface area contributed by atoms with Gasteiger partial charge in [-0.3, -0.25) is 0 Å². The van der Waals surface area contributed by atoms with Crippen LogP contribution < -0.4 is 0 Å². The molecule has 0 saturated heterocycles. The van der Waals surface area contributed by atoms with Gasteiger partial charge in [-0.25, -0.2) is 0 Å². The van der Waals surface area contributed by atoms with Crippen LogP contribution in [0.3, 0.4) is 0 Å². The lowest BCUT2D eigenvalue weighted by molar-refractivity contribution is 0.544. The number of hydrogen-bond donors (Lipinski definition) is 0. The Labute approximate surface area is 74.7 Å². The maximum absolute atomic E-state index is 2.31. The molecule has 0 radical (unpaired) electrons. The van der Waals surface area contributed by atoms with E-state index in [1.807, 2.05) is 0 Å². The van der Waals surface area contributed by atoms with Gasteiger partial charge < -0.3 is 0 Å². The normalized spacial score (nSPS) is 27.6. The van der Waals surface area contributed by atoms with Crippen LogP contribution in [0.5, 0.6) is 0 Å². The van der Waals surface area contributed by atoms with Gasteiger partial charge in [0.15, 0.2) is 0 Å². The minimum absolute atomic E-state index is 0.843. The molecule has 2 aliphatic carbocycles. The van der Waals surface area contributed by atoms with Gasteiger partial charge in [-0.2, -0.15) is 0 Å². The zero-order valence-electron chi connectivity index (χ0n) is 7.72. The zero-order chi connectivity index (χ0) is 8.39. The molecule has 0 aromatic rings. The van der Waals surface area contributed by atoms with Gasteiger partial charge in [-0.15, -0.1) is 0 Å². The lowest BCUT2D eigenvalue weighted by atomic mass is 9.80. The third-order valence-corrected chi connectivity index (χ3v) is 2.94. The highest BCUT2D eigenvalue weighted by atomic mass is 14.2. The van der Waals surface area contributed by atoms with Gasteiger partial charge in [-0.1, -0.05) is 36.8 Å². The SMILES string of the molecule is CCC1=CC=C2C=CCCC2C1. The van der Waals surface area contributed by atoms with E-state index in [1.54, 1.807) is 11.1 Å². The molecule has 0 heterocycles. The summed E-state index contributed by atoms with van der Waals surface area (Å²) in [5, 5.41) is 0. The lowest BCUT2D eigenvalue weighted by Crippen LogP contribution is -2.10. The molecule has 0 N–H and O–H groups in total. The molecule has 0 heteroatoms. The second kappa shape index (κ2) is 3.30. The third kappa shape index (κ3) is 1.38. The van der Waals surface area contributed by atoms with Crippen molar-refractivity contribution >= 4 is 0 Å². The van der Waals surface area contributed by atoms with Gasteiger partial charge in [0.1, 0.15) is 0 Å². The van der Waals surface area contributed by atoms with E-state index in [-0.39, 0.29) is 0 Å². The predicted molar refractivity (Wildman–Crippen MR) is 52.9 cm³/mol. The molecular formula is C12H16.